The number of carbonyl (C=O) groups is 3. The molecule has 3 amide bonds. The van der Waals surface area contributed by atoms with E-state index in [1.54, 1.807) is 16.7 Å². The number of aliphatic hydroxyl groups excluding tert-OH is 1. The summed E-state index contributed by atoms with van der Waals surface area (Å²) in [6, 6.07) is 17.5. The Balaban J connectivity index is 1.53. The maximum Gasteiger partial charge on any atom is 0.244 e. The molecule has 0 radical (unpaired) electrons. The molecule has 1 spiro atoms. The molecule has 2 aromatic rings. The van der Waals surface area contributed by atoms with Gasteiger partial charge in [-0.15, -0.1) is 11.8 Å². The molecule has 8 heteroatoms. The molecule has 2 bridgehead atoms. The van der Waals surface area contributed by atoms with Crippen molar-refractivity contribution >= 4 is 29.5 Å². The minimum Gasteiger partial charge on any atom is -0.394 e. The van der Waals surface area contributed by atoms with E-state index in [4.69, 9.17) is 0 Å². The zero-order valence-electron chi connectivity index (χ0n) is 21.5. The number of benzene rings is 2. The van der Waals surface area contributed by atoms with Crippen molar-refractivity contribution in [1.29, 1.82) is 0 Å². The van der Waals surface area contributed by atoms with Crippen LogP contribution in [0.3, 0.4) is 0 Å². The summed E-state index contributed by atoms with van der Waals surface area (Å²) in [4.78, 5) is 43.4. The maximum atomic E-state index is 14.3. The number of likely N-dealkylation sites (tertiary alicyclic amines) is 1. The van der Waals surface area contributed by atoms with Gasteiger partial charge in [-0.1, -0.05) is 67.6 Å². The Hall–Kier alpha value is -2.84. The van der Waals surface area contributed by atoms with Crippen LogP contribution in [-0.2, 0) is 20.9 Å². The number of rotatable bonds is 8. The molecule has 3 N–H and O–H groups in total. The van der Waals surface area contributed by atoms with Crippen molar-refractivity contribution < 1.29 is 19.5 Å². The summed E-state index contributed by atoms with van der Waals surface area (Å²) < 4.78 is -0.725. The van der Waals surface area contributed by atoms with Crippen LogP contribution in [0.5, 0.6) is 0 Å². The third-order valence-corrected chi connectivity index (χ3v) is 10.2. The maximum absolute atomic E-state index is 14.3. The van der Waals surface area contributed by atoms with E-state index in [0.717, 1.165) is 17.5 Å². The topological polar surface area (TPSA) is 98.7 Å². The number of hydrogen-bond acceptors (Lipinski definition) is 5. The lowest BCUT2D eigenvalue weighted by Crippen LogP contribution is -2.58. The summed E-state index contributed by atoms with van der Waals surface area (Å²) in [7, 11) is 0. The van der Waals surface area contributed by atoms with Gasteiger partial charge < -0.3 is 20.6 Å². The van der Waals surface area contributed by atoms with Crippen molar-refractivity contribution in [2.75, 3.05) is 6.61 Å². The van der Waals surface area contributed by atoms with Crippen LogP contribution in [0.15, 0.2) is 60.7 Å². The summed E-state index contributed by atoms with van der Waals surface area (Å²) in [5.41, 5.74) is 1.77. The van der Waals surface area contributed by atoms with Crippen LogP contribution >= 0.6 is 11.8 Å². The normalized spacial score (nSPS) is 30.9. The molecular formula is C29H35N3O4S. The van der Waals surface area contributed by atoms with E-state index in [1.165, 1.54) is 0 Å². The number of fused-ring (bicyclic) bond motifs is 1. The Morgan fingerprint density at radius 3 is 2.35 bits per heavy atom. The van der Waals surface area contributed by atoms with Crippen LogP contribution in [0, 0.1) is 17.8 Å². The first-order valence-electron chi connectivity index (χ1n) is 13.1. The van der Waals surface area contributed by atoms with Crippen LogP contribution in [0.1, 0.15) is 44.4 Å². The molecule has 3 aliphatic rings. The SMILES string of the molecule is CC(C)NC(=O)C1N([C@H](CO)c2ccccc2)C(=O)[C@@H]2[C@@H](C(=O)NCc3ccccc3)[C@H]3CC(C)C12S3. The van der Waals surface area contributed by atoms with Crippen molar-refractivity contribution in [3.05, 3.63) is 71.8 Å². The smallest absolute Gasteiger partial charge is 0.244 e. The molecule has 3 unspecified atom stereocenters. The number of nitrogens with one attached hydrogen (secondary N) is 2. The van der Waals surface area contributed by atoms with Crippen molar-refractivity contribution in [3.63, 3.8) is 0 Å². The highest BCUT2D eigenvalue weighted by Gasteiger charge is 2.76. The minimum absolute atomic E-state index is 0.0273. The Bertz CT molecular complexity index is 1160. The van der Waals surface area contributed by atoms with Crippen LogP contribution < -0.4 is 10.6 Å². The average molecular weight is 522 g/mol. The van der Waals surface area contributed by atoms with Gasteiger partial charge in [0.1, 0.15) is 6.04 Å². The zero-order valence-corrected chi connectivity index (χ0v) is 22.3. The predicted molar refractivity (Wildman–Crippen MR) is 143 cm³/mol. The van der Waals surface area contributed by atoms with Crippen LogP contribution in [-0.4, -0.2) is 56.4 Å². The second-order valence-electron chi connectivity index (χ2n) is 10.8. The fourth-order valence-electron chi connectivity index (χ4n) is 6.69. The van der Waals surface area contributed by atoms with Gasteiger partial charge in [0.05, 0.1) is 29.2 Å². The van der Waals surface area contributed by atoms with Crippen molar-refractivity contribution in [1.82, 2.24) is 15.5 Å². The van der Waals surface area contributed by atoms with Gasteiger partial charge in [-0.2, -0.15) is 0 Å². The van der Waals surface area contributed by atoms with E-state index >= 15 is 0 Å². The average Bonchev–Trinajstić information content (AvgIpc) is 3.48. The Morgan fingerprint density at radius 2 is 1.73 bits per heavy atom. The first-order chi connectivity index (χ1) is 17.8. The van der Waals surface area contributed by atoms with Gasteiger partial charge in [-0.05, 0) is 37.3 Å². The monoisotopic (exact) mass is 521 g/mol. The van der Waals surface area contributed by atoms with Gasteiger partial charge in [0.15, 0.2) is 0 Å². The van der Waals surface area contributed by atoms with E-state index < -0.39 is 28.7 Å². The predicted octanol–water partition coefficient (Wildman–Crippen LogP) is 2.90. The second-order valence-corrected chi connectivity index (χ2v) is 12.3. The summed E-state index contributed by atoms with van der Waals surface area (Å²) in [5, 5.41) is 16.6. The Labute approximate surface area is 222 Å². The fraction of sp³-hybridized carbons (Fsp3) is 0.483. The lowest BCUT2D eigenvalue weighted by Gasteiger charge is -2.40. The van der Waals surface area contributed by atoms with Gasteiger partial charge in [0, 0.05) is 17.8 Å². The highest BCUT2D eigenvalue weighted by Crippen LogP contribution is 2.69. The third-order valence-electron chi connectivity index (χ3n) is 8.17. The number of aliphatic hydroxyl groups is 1. The van der Waals surface area contributed by atoms with Crippen LogP contribution in [0.25, 0.3) is 0 Å². The van der Waals surface area contributed by atoms with E-state index in [-0.39, 0.29) is 41.5 Å². The second kappa shape index (κ2) is 10.1. The number of carbonyl (C=O) groups excluding carboxylic acids is 3. The molecule has 5 rings (SSSR count). The molecule has 3 saturated heterocycles. The lowest BCUT2D eigenvalue weighted by molar-refractivity contribution is -0.143. The third kappa shape index (κ3) is 4.24. The van der Waals surface area contributed by atoms with E-state index in [2.05, 4.69) is 17.6 Å². The number of hydrogen-bond donors (Lipinski definition) is 3. The highest BCUT2D eigenvalue weighted by atomic mass is 32.2. The zero-order chi connectivity index (χ0) is 26.3. The highest BCUT2D eigenvalue weighted by molar-refractivity contribution is 8.02. The molecule has 196 valence electrons. The van der Waals surface area contributed by atoms with Gasteiger partial charge >= 0.3 is 0 Å². The van der Waals surface area contributed by atoms with Crippen molar-refractivity contribution in [2.24, 2.45) is 17.8 Å². The molecule has 37 heavy (non-hydrogen) atoms. The minimum atomic E-state index is -0.776. The summed E-state index contributed by atoms with van der Waals surface area (Å²) in [5.74, 6) is -1.65. The summed E-state index contributed by atoms with van der Waals surface area (Å²) >= 11 is 1.64. The van der Waals surface area contributed by atoms with E-state index in [9.17, 15) is 19.5 Å². The molecule has 3 fully saturated rings. The van der Waals surface area contributed by atoms with Crippen molar-refractivity contribution in [2.45, 2.75) is 61.9 Å². The lowest BCUT2D eigenvalue weighted by atomic mass is 9.66. The van der Waals surface area contributed by atoms with Crippen LogP contribution in [0.2, 0.25) is 0 Å². The first-order valence-corrected chi connectivity index (χ1v) is 13.9. The molecule has 3 heterocycles. The summed E-state index contributed by atoms with van der Waals surface area (Å²) in [6.07, 6.45) is 0.770. The molecular weight excluding hydrogens is 486 g/mol. The number of amides is 3. The fourth-order valence-corrected chi connectivity index (χ4v) is 9.10. The number of nitrogens with zero attached hydrogens (tertiary/aromatic N) is 1. The van der Waals surface area contributed by atoms with Crippen LogP contribution in [0.4, 0.5) is 0 Å². The van der Waals surface area contributed by atoms with Gasteiger partial charge in [0.25, 0.3) is 0 Å². The standard InChI is InChI=1S/C29H35N3O4S/c1-17(2)31-27(35)25-29-18(3)14-22(37-29)23(26(34)30-15-19-10-6-4-7-11-19)24(29)28(36)32(25)21(16-33)20-12-8-5-9-13-20/h4-13,17-18,21-25,33H,14-16H2,1-3H3,(H,30,34)(H,31,35)/t18?,21-,22-,23+,24+,25?,29?/m1/s1. The van der Waals surface area contributed by atoms with E-state index in [0.29, 0.717) is 6.54 Å². The Morgan fingerprint density at radius 1 is 1.08 bits per heavy atom. The molecule has 0 aromatic heterocycles. The molecule has 0 saturated carbocycles. The molecule has 0 aliphatic carbocycles. The molecule has 7 nitrogen and oxygen atoms in total. The molecule has 7 atom stereocenters. The first kappa shape index (κ1) is 25.8. The van der Waals surface area contributed by atoms with Gasteiger partial charge in [-0.25, -0.2) is 0 Å². The van der Waals surface area contributed by atoms with Gasteiger partial charge in [-0.3, -0.25) is 14.4 Å². The summed E-state index contributed by atoms with van der Waals surface area (Å²) in [6.45, 7) is 5.98. The number of thioether (sulfide) groups is 1. The molecule has 2 aromatic carbocycles. The van der Waals surface area contributed by atoms with Crippen molar-refractivity contribution in [3.8, 4) is 0 Å². The Kier molecular flexibility index (Phi) is 7.07. The van der Waals surface area contributed by atoms with Gasteiger partial charge in [0.2, 0.25) is 17.7 Å². The quantitative estimate of drug-likeness (QED) is 0.496. The molecule has 3 aliphatic heterocycles. The van der Waals surface area contributed by atoms with E-state index in [1.807, 2.05) is 74.5 Å². The largest absolute Gasteiger partial charge is 0.394 e.